The Labute approximate surface area is 114 Å². The largest absolute Gasteiger partial charge is 0.375 e. The summed E-state index contributed by atoms with van der Waals surface area (Å²) in [6.07, 6.45) is 8.81. The number of nitrogens with zero attached hydrogens (tertiary/aromatic N) is 2. The standard InChI is InChI=1S/C14H24N4O/c1-2-7-15-12(13-16-10-17-18-13)11-4-8-19-14(9-11)5-3-6-14/h10-12,15H,2-9H2,1H3,(H,16,17,18). The molecule has 1 aromatic rings. The molecule has 1 aliphatic carbocycles. The molecular formula is C14H24N4O. The molecule has 0 amide bonds. The molecule has 0 radical (unpaired) electrons. The van der Waals surface area contributed by atoms with Crippen LogP contribution >= 0.6 is 0 Å². The van der Waals surface area contributed by atoms with Crippen molar-refractivity contribution >= 4 is 0 Å². The molecule has 1 aliphatic heterocycles. The van der Waals surface area contributed by atoms with Crippen molar-refractivity contribution in [1.29, 1.82) is 0 Å². The number of hydrogen-bond acceptors (Lipinski definition) is 4. The molecule has 1 aromatic heterocycles. The average molecular weight is 264 g/mol. The molecule has 3 rings (SSSR count). The van der Waals surface area contributed by atoms with Crippen LogP contribution in [0, 0.1) is 5.92 Å². The van der Waals surface area contributed by atoms with Crippen molar-refractivity contribution in [1.82, 2.24) is 20.5 Å². The zero-order valence-corrected chi connectivity index (χ0v) is 11.7. The van der Waals surface area contributed by atoms with Crippen LogP contribution in [0.1, 0.15) is 57.3 Å². The van der Waals surface area contributed by atoms with Gasteiger partial charge in [0.15, 0.2) is 0 Å². The predicted octanol–water partition coefficient (Wildman–Crippen LogP) is 2.19. The molecule has 5 heteroatoms. The first-order valence-electron chi connectivity index (χ1n) is 7.55. The van der Waals surface area contributed by atoms with Crippen molar-refractivity contribution in [3.05, 3.63) is 12.2 Å². The molecule has 106 valence electrons. The van der Waals surface area contributed by atoms with E-state index in [1.54, 1.807) is 6.33 Å². The minimum absolute atomic E-state index is 0.190. The Bertz CT molecular complexity index is 388. The van der Waals surface area contributed by atoms with E-state index >= 15 is 0 Å². The summed E-state index contributed by atoms with van der Waals surface area (Å²) in [6.45, 7) is 4.11. The van der Waals surface area contributed by atoms with E-state index in [4.69, 9.17) is 4.74 Å². The van der Waals surface area contributed by atoms with Gasteiger partial charge in [-0.15, -0.1) is 0 Å². The molecule has 2 N–H and O–H groups in total. The lowest BCUT2D eigenvalue weighted by Gasteiger charge is -2.48. The van der Waals surface area contributed by atoms with Crippen molar-refractivity contribution in [3.8, 4) is 0 Å². The minimum atomic E-state index is 0.190. The second-order valence-electron chi connectivity index (χ2n) is 5.94. The number of hydrogen-bond donors (Lipinski definition) is 2. The maximum atomic E-state index is 6.03. The zero-order chi connectivity index (χ0) is 13.1. The van der Waals surface area contributed by atoms with Gasteiger partial charge >= 0.3 is 0 Å². The second kappa shape index (κ2) is 5.59. The third kappa shape index (κ3) is 2.67. The Morgan fingerprint density at radius 1 is 1.58 bits per heavy atom. The molecule has 2 atom stereocenters. The molecule has 1 saturated carbocycles. The van der Waals surface area contributed by atoms with Gasteiger partial charge in [-0.2, -0.15) is 5.10 Å². The summed E-state index contributed by atoms with van der Waals surface area (Å²) in [6, 6.07) is 0.295. The lowest BCUT2D eigenvalue weighted by Crippen LogP contribution is -2.48. The van der Waals surface area contributed by atoms with E-state index in [9.17, 15) is 0 Å². The summed E-state index contributed by atoms with van der Waals surface area (Å²) in [5.41, 5.74) is 0.190. The van der Waals surface area contributed by atoms with E-state index in [0.29, 0.717) is 12.0 Å². The number of aromatic amines is 1. The highest BCUT2D eigenvalue weighted by Crippen LogP contribution is 2.46. The summed E-state index contributed by atoms with van der Waals surface area (Å²) >= 11 is 0. The summed E-state index contributed by atoms with van der Waals surface area (Å²) in [4.78, 5) is 4.37. The molecule has 19 heavy (non-hydrogen) atoms. The maximum Gasteiger partial charge on any atom is 0.141 e. The van der Waals surface area contributed by atoms with Crippen molar-refractivity contribution in [2.24, 2.45) is 5.92 Å². The number of rotatable bonds is 5. The highest BCUT2D eigenvalue weighted by Gasteiger charge is 2.44. The van der Waals surface area contributed by atoms with Crippen LogP contribution in [0.2, 0.25) is 0 Å². The van der Waals surface area contributed by atoms with Crippen LogP contribution in [0.4, 0.5) is 0 Å². The Kier molecular flexibility index (Phi) is 3.84. The van der Waals surface area contributed by atoms with Gasteiger partial charge in [0.2, 0.25) is 0 Å². The lowest BCUT2D eigenvalue weighted by molar-refractivity contribution is -0.147. The molecule has 2 heterocycles. The normalized spacial score (nSPS) is 27.1. The van der Waals surface area contributed by atoms with Crippen molar-refractivity contribution in [3.63, 3.8) is 0 Å². The highest BCUT2D eigenvalue weighted by molar-refractivity contribution is 5.01. The number of ether oxygens (including phenoxy) is 1. The molecule has 1 spiro atoms. The fourth-order valence-corrected chi connectivity index (χ4v) is 3.42. The van der Waals surface area contributed by atoms with Crippen molar-refractivity contribution < 1.29 is 4.74 Å². The topological polar surface area (TPSA) is 62.8 Å². The van der Waals surface area contributed by atoms with Gasteiger partial charge in [-0.3, -0.25) is 5.10 Å². The van der Waals surface area contributed by atoms with E-state index in [2.05, 4.69) is 27.4 Å². The van der Waals surface area contributed by atoms with E-state index in [0.717, 1.165) is 38.2 Å². The zero-order valence-electron chi connectivity index (χ0n) is 11.7. The van der Waals surface area contributed by atoms with E-state index in [-0.39, 0.29) is 5.60 Å². The van der Waals surface area contributed by atoms with Crippen molar-refractivity contribution in [2.45, 2.75) is 57.1 Å². The number of H-pyrrole nitrogens is 1. The van der Waals surface area contributed by atoms with Gasteiger partial charge in [-0.05, 0) is 51.0 Å². The van der Waals surface area contributed by atoms with Crippen LogP contribution in [-0.2, 0) is 4.74 Å². The average Bonchev–Trinajstić information content (AvgIpc) is 2.92. The van der Waals surface area contributed by atoms with Crippen LogP contribution in [-0.4, -0.2) is 33.9 Å². The van der Waals surface area contributed by atoms with E-state index < -0.39 is 0 Å². The van der Waals surface area contributed by atoms with Gasteiger partial charge in [-0.25, -0.2) is 4.98 Å². The molecule has 0 aromatic carbocycles. The van der Waals surface area contributed by atoms with Gasteiger partial charge in [-0.1, -0.05) is 6.92 Å². The molecule has 5 nitrogen and oxygen atoms in total. The third-order valence-corrected chi connectivity index (χ3v) is 4.61. The Balaban J connectivity index is 1.71. The van der Waals surface area contributed by atoms with Crippen LogP contribution < -0.4 is 5.32 Å². The van der Waals surface area contributed by atoms with Gasteiger partial charge in [0.05, 0.1) is 11.6 Å². The van der Waals surface area contributed by atoms with Crippen LogP contribution in [0.5, 0.6) is 0 Å². The Hall–Kier alpha value is -0.940. The first-order valence-corrected chi connectivity index (χ1v) is 7.55. The Morgan fingerprint density at radius 3 is 3.11 bits per heavy atom. The Morgan fingerprint density at radius 2 is 2.47 bits per heavy atom. The van der Waals surface area contributed by atoms with Gasteiger partial charge in [0.25, 0.3) is 0 Å². The summed E-state index contributed by atoms with van der Waals surface area (Å²) in [7, 11) is 0. The summed E-state index contributed by atoms with van der Waals surface area (Å²) in [5.74, 6) is 1.59. The van der Waals surface area contributed by atoms with Gasteiger partial charge in [0.1, 0.15) is 12.2 Å². The molecule has 2 fully saturated rings. The second-order valence-corrected chi connectivity index (χ2v) is 5.94. The number of nitrogens with one attached hydrogen (secondary N) is 2. The molecule has 0 bridgehead atoms. The van der Waals surface area contributed by atoms with E-state index in [1.807, 2.05) is 0 Å². The van der Waals surface area contributed by atoms with E-state index in [1.165, 1.54) is 19.3 Å². The van der Waals surface area contributed by atoms with Crippen LogP contribution in [0.15, 0.2) is 6.33 Å². The molecule has 1 saturated heterocycles. The predicted molar refractivity (Wildman–Crippen MR) is 72.7 cm³/mol. The summed E-state index contributed by atoms with van der Waals surface area (Å²) in [5, 5.41) is 10.7. The SMILES string of the molecule is CCCNC(c1ncn[nH]1)C1CCOC2(CCC2)C1. The monoisotopic (exact) mass is 264 g/mol. The maximum absolute atomic E-state index is 6.03. The van der Waals surface area contributed by atoms with Crippen LogP contribution in [0.3, 0.4) is 0 Å². The quantitative estimate of drug-likeness (QED) is 0.855. The minimum Gasteiger partial charge on any atom is -0.375 e. The smallest absolute Gasteiger partial charge is 0.141 e. The van der Waals surface area contributed by atoms with Gasteiger partial charge < -0.3 is 10.1 Å². The summed E-state index contributed by atoms with van der Waals surface area (Å²) < 4.78 is 6.03. The fourth-order valence-electron chi connectivity index (χ4n) is 3.42. The molecule has 2 unspecified atom stereocenters. The molecule has 2 aliphatic rings. The fraction of sp³-hybridized carbons (Fsp3) is 0.857. The lowest BCUT2D eigenvalue weighted by atomic mass is 9.70. The van der Waals surface area contributed by atoms with Gasteiger partial charge in [0, 0.05) is 6.61 Å². The highest BCUT2D eigenvalue weighted by atomic mass is 16.5. The van der Waals surface area contributed by atoms with Crippen LogP contribution in [0.25, 0.3) is 0 Å². The first kappa shape index (κ1) is 13.1. The first-order chi connectivity index (χ1) is 9.33. The van der Waals surface area contributed by atoms with Crippen molar-refractivity contribution in [2.75, 3.05) is 13.2 Å². The number of aromatic nitrogens is 3. The third-order valence-electron chi connectivity index (χ3n) is 4.61. The molecular weight excluding hydrogens is 240 g/mol.